The summed E-state index contributed by atoms with van der Waals surface area (Å²) >= 11 is 0. The van der Waals surface area contributed by atoms with E-state index >= 15 is 0 Å². The van der Waals surface area contributed by atoms with E-state index in [2.05, 4.69) is 19.7 Å². The van der Waals surface area contributed by atoms with Gasteiger partial charge in [0.05, 0.1) is 0 Å². The molecule has 2 heteroatoms. The van der Waals surface area contributed by atoms with Gasteiger partial charge in [0.1, 0.15) is 6.61 Å². The Balaban J connectivity index is 3.72. The van der Waals surface area contributed by atoms with Crippen LogP contribution < -0.4 is 0 Å². The Bertz CT molecular complexity index is 180. The Hall–Kier alpha value is -1.31. The maximum atomic E-state index is 10.9. The summed E-state index contributed by atoms with van der Waals surface area (Å²) in [7, 11) is 0. The monoisotopic (exact) mass is 152 g/mol. The molecule has 11 heavy (non-hydrogen) atoms. The van der Waals surface area contributed by atoms with Crippen LogP contribution in [0.15, 0.2) is 37.5 Å². The first-order valence-corrected chi connectivity index (χ1v) is 3.29. The van der Waals surface area contributed by atoms with Crippen molar-refractivity contribution in [2.24, 2.45) is 0 Å². The SMILES string of the molecule is C=CCOC(=O)C(=C)CC=C. The summed E-state index contributed by atoms with van der Waals surface area (Å²) in [5, 5.41) is 0. The minimum absolute atomic E-state index is 0.231. The second-order valence-corrected chi connectivity index (χ2v) is 1.98. The van der Waals surface area contributed by atoms with E-state index in [9.17, 15) is 4.79 Å². The summed E-state index contributed by atoms with van der Waals surface area (Å²) in [6.07, 6.45) is 3.59. The number of rotatable bonds is 5. The van der Waals surface area contributed by atoms with Crippen molar-refractivity contribution < 1.29 is 9.53 Å². The van der Waals surface area contributed by atoms with Gasteiger partial charge in [-0.3, -0.25) is 0 Å². The number of hydrogen-bond donors (Lipinski definition) is 0. The highest BCUT2D eigenvalue weighted by Crippen LogP contribution is 2.00. The Labute approximate surface area is 66.9 Å². The minimum Gasteiger partial charge on any atom is -0.458 e. The van der Waals surface area contributed by atoms with Gasteiger partial charge in [0.15, 0.2) is 0 Å². The fourth-order valence-corrected chi connectivity index (χ4v) is 0.494. The van der Waals surface area contributed by atoms with Crippen molar-refractivity contribution in [3.8, 4) is 0 Å². The third kappa shape index (κ3) is 4.14. The second kappa shape index (κ2) is 5.47. The molecule has 0 aliphatic heterocycles. The van der Waals surface area contributed by atoms with E-state index in [1.165, 1.54) is 6.08 Å². The van der Waals surface area contributed by atoms with Crippen LogP contribution in [0.4, 0.5) is 0 Å². The highest BCUT2D eigenvalue weighted by Gasteiger charge is 2.04. The molecular weight excluding hydrogens is 140 g/mol. The van der Waals surface area contributed by atoms with Gasteiger partial charge in [-0.15, -0.1) is 6.58 Å². The Kier molecular flexibility index (Phi) is 4.82. The Morgan fingerprint density at radius 3 is 2.45 bits per heavy atom. The third-order valence-corrected chi connectivity index (χ3v) is 1.01. The summed E-state index contributed by atoms with van der Waals surface area (Å²) < 4.78 is 4.70. The molecule has 0 N–H and O–H groups in total. The zero-order valence-corrected chi connectivity index (χ0v) is 6.51. The first kappa shape index (κ1) is 9.69. The lowest BCUT2D eigenvalue weighted by Crippen LogP contribution is -2.06. The number of ether oxygens (including phenoxy) is 1. The van der Waals surface area contributed by atoms with E-state index in [1.807, 2.05) is 0 Å². The Morgan fingerprint density at radius 1 is 1.36 bits per heavy atom. The van der Waals surface area contributed by atoms with Crippen molar-refractivity contribution in [3.63, 3.8) is 0 Å². The molecule has 2 nitrogen and oxygen atoms in total. The molecular formula is C9H12O2. The smallest absolute Gasteiger partial charge is 0.334 e. The van der Waals surface area contributed by atoms with Crippen molar-refractivity contribution in [2.45, 2.75) is 6.42 Å². The van der Waals surface area contributed by atoms with E-state index in [1.54, 1.807) is 6.08 Å². The lowest BCUT2D eigenvalue weighted by molar-refractivity contribution is -0.137. The predicted molar refractivity (Wildman–Crippen MR) is 45.1 cm³/mol. The van der Waals surface area contributed by atoms with Crippen molar-refractivity contribution in [2.75, 3.05) is 6.61 Å². The van der Waals surface area contributed by atoms with Gasteiger partial charge < -0.3 is 4.74 Å². The molecule has 0 aliphatic rings. The Morgan fingerprint density at radius 2 is 2.00 bits per heavy atom. The molecule has 0 amide bonds. The van der Waals surface area contributed by atoms with Gasteiger partial charge in [-0.05, 0) is 6.42 Å². The quantitative estimate of drug-likeness (QED) is 0.341. The lowest BCUT2D eigenvalue weighted by atomic mass is 10.2. The topological polar surface area (TPSA) is 26.3 Å². The van der Waals surface area contributed by atoms with Gasteiger partial charge in [0, 0.05) is 5.57 Å². The van der Waals surface area contributed by atoms with Gasteiger partial charge >= 0.3 is 5.97 Å². The maximum absolute atomic E-state index is 10.9. The molecule has 0 aromatic rings. The molecule has 0 spiro atoms. The molecule has 0 saturated heterocycles. The van der Waals surface area contributed by atoms with Crippen LogP contribution in [-0.4, -0.2) is 12.6 Å². The van der Waals surface area contributed by atoms with E-state index in [4.69, 9.17) is 4.74 Å². The summed E-state index contributed by atoms with van der Waals surface area (Å²) in [6, 6.07) is 0. The molecule has 0 aromatic heterocycles. The minimum atomic E-state index is -0.384. The zero-order chi connectivity index (χ0) is 8.69. The van der Waals surface area contributed by atoms with Crippen LogP contribution in [0.2, 0.25) is 0 Å². The molecule has 0 rings (SSSR count). The molecule has 0 unspecified atom stereocenters. The van der Waals surface area contributed by atoms with Gasteiger partial charge in [-0.25, -0.2) is 4.79 Å². The number of hydrogen-bond acceptors (Lipinski definition) is 2. The maximum Gasteiger partial charge on any atom is 0.334 e. The van der Waals surface area contributed by atoms with E-state index < -0.39 is 0 Å². The number of allylic oxidation sites excluding steroid dienone is 1. The fourth-order valence-electron chi connectivity index (χ4n) is 0.494. The number of esters is 1. The summed E-state index contributed by atoms with van der Waals surface area (Å²) in [6.45, 7) is 10.6. The second-order valence-electron chi connectivity index (χ2n) is 1.98. The van der Waals surface area contributed by atoms with Crippen LogP contribution in [0.1, 0.15) is 6.42 Å². The van der Waals surface area contributed by atoms with Crippen LogP contribution in [0, 0.1) is 0 Å². The molecule has 0 atom stereocenters. The molecule has 0 bridgehead atoms. The number of carbonyl (C=O) groups is 1. The van der Waals surface area contributed by atoms with Crippen LogP contribution in [0.5, 0.6) is 0 Å². The summed E-state index contributed by atoms with van der Waals surface area (Å²) in [5.41, 5.74) is 0.418. The summed E-state index contributed by atoms with van der Waals surface area (Å²) in [4.78, 5) is 10.9. The molecule has 0 heterocycles. The highest BCUT2D eigenvalue weighted by molar-refractivity contribution is 5.87. The van der Waals surface area contributed by atoms with E-state index in [0.29, 0.717) is 12.0 Å². The first-order valence-electron chi connectivity index (χ1n) is 3.29. The predicted octanol–water partition coefficient (Wildman–Crippen LogP) is 1.85. The van der Waals surface area contributed by atoms with Crippen molar-refractivity contribution in [3.05, 3.63) is 37.5 Å². The summed E-state index contributed by atoms with van der Waals surface area (Å²) in [5.74, 6) is -0.384. The van der Waals surface area contributed by atoms with Crippen LogP contribution in [0.3, 0.4) is 0 Å². The molecule has 0 fully saturated rings. The molecule has 0 saturated carbocycles. The van der Waals surface area contributed by atoms with Crippen LogP contribution in [-0.2, 0) is 9.53 Å². The molecule has 0 radical (unpaired) electrons. The van der Waals surface area contributed by atoms with Gasteiger partial charge in [0.2, 0.25) is 0 Å². The third-order valence-electron chi connectivity index (χ3n) is 1.01. The fraction of sp³-hybridized carbons (Fsp3) is 0.222. The van der Waals surface area contributed by atoms with E-state index in [-0.39, 0.29) is 12.6 Å². The molecule has 0 aromatic carbocycles. The normalized spacial score (nSPS) is 8.36. The van der Waals surface area contributed by atoms with Crippen molar-refractivity contribution in [1.29, 1.82) is 0 Å². The van der Waals surface area contributed by atoms with Gasteiger partial charge in [-0.1, -0.05) is 25.3 Å². The van der Waals surface area contributed by atoms with Crippen LogP contribution in [0.25, 0.3) is 0 Å². The van der Waals surface area contributed by atoms with Crippen molar-refractivity contribution in [1.82, 2.24) is 0 Å². The lowest BCUT2D eigenvalue weighted by Gasteiger charge is -2.01. The van der Waals surface area contributed by atoms with Gasteiger partial charge in [-0.2, -0.15) is 0 Å². The largest absolute Gasteiger partial charge is 0.458 e. The zero-order valence-electron chi connectivity index (χ0n) is 6.51. The average Bonchev–Trinajstić information content (AvgIpc) is 2.00. The highest BCUT2D eigenvalue weighted by atomic mass is 16.5. The average molecular weight is 152 g/mol. The first-order chi connectivity index (χ1) is 5.22. The standard InChI is InChI=1S/C9H12O2/c1-4-6-8(3)9(10)11-7-5-2/h4-5H,1-3,6-7H2. The number of carbonyl (C=O) groups excluding carboxylic acids is 1. The van der Waals surface area contributed by atoms with Crippen LogP contribution >= 0.6 is 0 Å². The van der Waals surface area contributed by atoms with Crippen molar-refractivity contribution >= 4 is 5.97 Å². The van der Waals surface area contributed by atoms with Gasteiger partial charge in [0.25, 0.3) is 0 Å². The molecule has 60 valence electrons. The van der Waals surface area contributed by atoms with E-state index in [0.717, 1.165) is 0 Å². The molecule has 0 aliphatic carbocycles.